The average molecular weight is 352 g/mol. The lowest BCUT2D eigenvalue weighted by molar-refractivity contribution is 0.0933. The van der Waals surface area contributed by atoms with E-state index in [4.69, 9.17) is 0 Å². The molecule has 1 aliphatic rings. The fourth-order valence-electron chi connectivity index (χ4n) is 3.32. The van der Waals surface area contributed by atoms with Gasteiger partial charge in [0.25, 0.3) is 11.5 Å². The first-order valence-corrected chi connectivity index (χ1v) is 8.61. The molecule has 4 rings (SSSR count). The molecule has 1 N–H and O–H groups in total. The second-order valence-corrected chi connectivity index (χ2v) is 6.57. The van der Waals surface area contributed by atoms with Gasteiger partial charge in [-0.3, -0.25) is 9.59 Å². The lowest BCUT2D eigenvalue weighted by Gasteiger charge is -2.33. The Morgan fingerprint density at radius 1 is 1.35 bits per heavy atom. The number of aromatic nitrogens is 4. The number of hydrogen-bond acceptors (Lipinski definition) is 5. The van der Waals surface area contributed by atoms with E-state index in [0.717, 1.165) is 24.9 Å². The summed E-state index contributed by atoms with van der Waals surface area (Å²) >= 11 is 0. The normalized spacial score (nSPS) is 17.4. The van der Waals surface area contributed by atoms with Gasteiger partial charge in [0.1, 0.15) is 0 Å². The lowest BCUT2D eigenvalue weighted by Crippen LogP contribution is -2.49. The number of imidazole rings is 1. The number of aryl methyl sites for hydroxylation is 1. The van der Waals surface area contributed by atoms with E-state index in [1.165, 1.54) is 4.57 Å². The third-order valence-electron chi connectivity index (χ3n) is 4.73. The molecule has 134 valence electrons. The molecular formula is C18H20N6O2. The van der Waals surface area contributed by atoms with E-state index in [-0.39, 0.29) is 17.5 Å². The van der Waals surface area contributed by atoms with Crippen LogP contribution in [0.3, 0.4) is 0 Å². The zero-order valence-corrected chi connectivity index (χ0v) is 14.5. The van der Waals surface area contributed by atoms with Crippen LogP contribution in [0.5, 0.6) is 0 Å². The number of carbonyl (C=O) groups excluding carboxylic acids is 1. The van der Waals surface area contributed by atoms with Crippen LogP contribution in [0.15, 0.2) is 48.0 Å². The minimum Gasteiger partial charge on any atom is -0.350 e. The summed E-state index contributed by atoms with van der Waals surface area (Å²) in [4.78, 5) is 35.1. The number of piperidine rings is 1. The highest BCUT2D eigenvalue weighted by Crippen LogP contribution is 2.15. The van der Waals surface area contributed by atoms with Crippen LogP contribution in [0.1, 0.15) is 23.2 Å². The van der Waals surface area contributed by atoms with Gasteiger partial charge >= 0.3 is 0 Å². The maximum Gasteiger partial charge on any atom is 0.293 e. The van der Waals surface area contributed by atoms with Gasteiger partial charge in [0.2, 0.25) is 0 Å². The zero-order valence-electron chi connectivity index (χ0n) is 14.5. The van der Waals surface area contributed by atoms with Crippen LogP contribution in [0.25, 0.3) is 5.52 Å². The van der Waals surface area contributed by atoms with E-state index in [2.05, 4.69) is 15.3 Å². The predicted octanol–water partition coefficient (Wildman–Crippen LogP) is 0.827. The topological polar surface area (TPSA) is 84.5 Å². The van der Waals surface area contributed by atoms with Crippen molar-refractivity contribution in [3.05, 3.63) is 59.2 Å². The van der Waals surface area contributed by atoms with Crippen LogP contribution >= 0.6 is 0 Å². The number of anilines is 1. The van der Waals surface area contributed by atoms with Crippen molar-refractivity contribution < 1.29 is 4.79 Å². The summed E-state index contributed by atoms with van der Waals surface area (Å²) in [5.41, 5.74) is 1.36. The Bertz CT molecular complexity index is 1010. The van der Waals surface area contributed by atoms with E-state index >= 15 is 0 Å². The van der Waals surface area contributed by atoms with Crippen LogP contribution in [0, 0.1) is 0 Å². The molecule has 1 amide bonds. The Morgan fingerprint density at radius 2 is 2.23 bits per heavy atom. The molecule has 8 heteroatoms. The molecule has 8 nitrogen and oxygen atoms in total. The molecule has 0 aromatic carbocycles. The molecule has 0 aliphatic carbocycles. The quantitative estimate of drug-likeness (QED) is 0.755. The first kappa shape index (κ1) is 16.3. The molecule has 4 heterocycles. The highest BCUT2D eigenvalue weighted by molar-refractivity contribution is 5.95. The lowest BCUT2D eigenvalue weighted by atomic mass is 10.1. The van der Waals surface area contributed by atoms with Gasteiger partial charge in [-0.1, -0.05) is 0 Å². The molecule has 1 aliphatic heterocycles. The number of hydrogen-bond donors (Lipinski definition) is 1. The van der Waals surface area contributed by atoms with Crippen LogP contribution in [-0.2, 0) is 7.05 Å². The zero-order chi connectivity index (χ0) is 18.1. The Balaban J connectivity index is 1.48. The highest BCUT2D eigenvalue weighted by Gasteiger charge is 2.24. The largest absolute Gasteiger partial charge is 0.350 e. The fourth-order valence-corrected chi connectivity index (χ4v) is 3.32. The molecule has 1 saturated heterocycles. The molecule has 0 radical (unpaired) electrons. The predicted molar refractivity (Wildman–Crippen MR) is 97.4 cm³/mol. The summed E-state index contributed by atoms with van der Waals surface area (Å²) in [5.74, 6) is 0.323. The number of fused-ring (bicyclic) bond motifs is 1. The van der Waals surface area contributed by atoms with E-state index in [1.54, 1.807) is 38.0 Å². The minimum absolute atomic E-state index is 0.0240. The summed E-state index contributed by atoms with van der Waals surface area (Å²) in [6.45, 7) is 1.34. The van der Waals surface area contributed by atoms with E-state index in [0.29, 0.717) is 17.9 Å². The Hall–Kier alpha value is -3.16. The fraction of sp³-hybridized carbons (Fsp3) is 0.333. The van der Waals surface area contributed by atoms with Gasteiger partial charge < -0.3 is 19.2 Å². The molecule has 26 heavy (non-hydrogen) atoms. The third-order valence-corrected chi connectivity index (χ3v) is 4.73. The number of carbonyl (C=O) groups is 1. The van der Waals surface area contributed by atoms with Crippen molar-refractivity contribution in [3.63, 3.8) is 0 Å². The van der Waals surface area contributed by atoms with Crippen LogP contribution in [0.4, 0.5) is 5.82 Å². The first-order valence-electron chi connectivity index (χ1n) is 8.61. The molecule has 1 fully saturated rings. The van der Waals surface area contributed by atoms with Crippen molar-refractivity contribution in [1.82, 2.24) is 24.3 Å². The molecule has 1 unspecified atom stereocenters. The van der Waals surface area contributed by atoms with E-state index < -0.39 is 0 Å². The van der Waals surface area contributed by atoms with Gasteiger partial charge in [0.05, 0.1) is 18.0 Å². The van der Waals surface area contributed by atoms with Crippen LogP contribution in [-0.4, -0.2) is 44.0 Å². The van der Waals surface area contributed by atoms with Gasteiger partial charge in [-0.05, 0) is 25.0 Å². The number of amides is 1. The van der Waals surface area contributed by atoms with Crippen molar-refractivity contribution in [2.24, 2.45) is 7.05 Å². The highest BCUT2D eigenvalue weighted by atomic mass is 16.2. The smallest absolute Gasteiger partial charge is 0.293 e. The number of nitrogens with zero attached hydrogens (tertiary/aromatic N) is 5. The second-order valence-electron chi connectivity index (χ2n) is 6.57. The Morgan fingerprint density at radius 3 is 3.12 bits per heavy atom. The molecular weight excluding hydrogens is 332 g/mol. The number of rotatable bonds is 3. The molecule has 0 saturated carbocycles. The standard InChI is InChI=1S/C18H20N6O2/c1-22-8-5-20-16(18(22)26)23-6-2-3-14(11-23)21-17(25)13-4-7-24-12-19-10-15(24)9-13/h4-5,7-10,12,14H,2-3,6,11H2,1H3,(H,21,25). The first-order chi connectivity index (χ1) is 12.6. The van der Waals surface area contributed by atoms with Crippen molar-refractivity contribution in [1.29, 1.82) is 0 Å². The second kappa shape index (κ2) is 6.62. The van der Waals surface area contributed by atoms with Crippen molar-refractivity contribution in [3.8, 4) is 0 Å². The molecule has 0 spiro atoms. The van der Waals surface area contributed by atoms with Crippen molar-refractivity contribution in [2.45, 2.75) is 18.9 Å². The Labute approximate surface area is 150 Å². The molecule has 0 bridgehead atoms. The average Bonchev–Trinajstić information content (AvgIpc) is 3.12. The summed E-state index contributed by atoms with van der Waals surface area (Å²) in [7, 11) is 1.71. The van der Waals surface area contributed by atoms with E-state index in [9.17, 15) is 9.59 Å². The van der Waals surface area contributed by atoms with Gasteiger partial charge in [0, 0.05) is 50.3 Å². The summed E-state index contributed by atoms with van der Waals surface area (Å²) < 4.78 is 3.38. The number of nitrogens with one attached hydrogen (secondary N) is 1. The third kappa shape index (κ3) is 3.05. The summed E-state index contributed by atoms with van der Waals surface area (Å²) in [6.07, 6.45) is 10.3. The minimum atomic E-state index is -0.120. The summed E-state index contributed by atoms with van der Waals surface area (Å²) in [6, 6.07) is 3.57. The van der Waals surface area contributed by atoms with E-state index in [1.807, 2.05) is 21.6 Å². The van der Waals surface area contributed by atoms with Crippen molar-refractivity contribution in [2.75, 3.05) is 18.0 Å². The van der Waals surface area contributed by atoms with Gasteiger partial charge in [-0.25, -0.2) is 9.97 Å². The van der Waals surface area contributed by atoms with Gasteiger partial charge in [-0.15, -0.1) is 0 Å². The number of pyridine rings is 1. The maximum atomic E-state index is 12.6. The summed E-state index contributed by atoms with van der Waals surface area (Å²) in [5, 5.41) is 3.08. The van der Waals surface area contributed by atoms with Gasteiger partial charge in [-0.2, -0.15) is 0 Å². The monoisotopic (exact) mass is 352 g/mol. The Kier molecular flexibility index (Phi) is 4.16. The van der Waals surface area contributed by atoms with Crippen LogP contribution in [0.2, 0.25) is 0 Å². The SMILES string of the molecule is Cn1ccnc(N2CCCC(NC(=O)c3ccn4cncc4c3)C2)c1=O. The van der Waals surface area contributed by atoms with Crippen LogP contribution < -0.4 is 15.8 Å². The van der Waals surface area contributed by atoms with Gasteiger partial charge in [0.15, 0.2) is 5.82 Å². The van der Waals surface area contributed by atoms with Crippen molar-refractivity contribution >= 4 is 17.2 Å². The molecule has 1 atom stereocenters. The maximum absolute atomic E-state index is 12.6. The molecule has 3 aromatic rings. The molecule has 3 aromatic heterocycles.